The zero-order chi connectivity index (χ0) is 23.3. The van der Waals surface area contributed by atoms with E-state index in [1.165, 1.54) is 47.4 Å². The standard InChI is InChI=1S/C25H15Cl2FN2O3/c26-18-10-5-13(11-19(18)27)23(31)21-22(17-12-29-20-4-2-1-3-16(17)20)30(25(33)24(21)32)15-8-6-14(28)7-9-15/h1-12,22,29,31H/b23-21+. The second kappa shape index (κ2) is 8.06. The van der Waals surface area contributed by atoms with E-state index in [1.807, 2.05) is 24.3 Å². The number of aliphatic hydroxyl groups excluding tert-OH is 1. The summed E-state index contributed by atoms with van der Waals surface area (Å²) in [4.78, 5) is 30.8. The number of aromatic nitrogens is 1. The monoisotopic (exact) mass is 480 g/mol. The number of ketones is 1. The third-order valence-corrected chi connectivity index (χ3v) is 6.40. The first-order valence-corrected chi connectivity index (χ1v) is 10.7. The summed E-state index contributed by atoms with van der Waals surface area (Å²) in [7, 11) is 0. The Bertz CT molecular complexity index is 1460. The third kappa shape index (κ3) is 3.48. The fourth-order valence-corrected chi connectivity index (χ4v) is 4.41. The van der Waals surface area contributed by atoms with Crippen LogP contribution in [0, 0.1) is 5.82 Å². The average Bonchev–Trinajstić information content (AvgIpc) is 3.35. The molecule has 8 heteroatoms. The van der Waals surface area contributed by atoms with Crippen molar-refractivity contribution in [1.29, 1.82) is 0 Å². The Labute approximate surface area is 197 Å². The summed E-state index contributed by atoms with van der Waals surface area (Å²) < 4.78 is 13.6. The van der Waals surface area contributed by atoms with Crippen molar-refractivity contribution >= 4 is 57.2 Å². The van der Waals surface area contributed by atoms with Gasteiger partial charge in [-0.15, -0.1) is 0 Å². The molecule has 1 aliphatic rings. The SMILES string of the molecule is O=C1C(=O)N(c2ccc(F)cc2)C(c2c[nH]c3ccccc23)/C1=C(\O)c1ccc(Cl)c(Cl)c1. The first-order chi connectivity index (χ1) is 15.9. The number of nitrogens with one attached hydrogen (secondary N) is 1. The number of hydrogen-bond acceptors (Lipinski definition) is 3. The van der Waals surface area contributed by atoms with E-state index in [0.29, 0.717) is 11.3 Å². The Morgan fingerprint density at radius 2 is 1.70 bits per heavy atom. The van der Waals surface area contributed by atoms with E-state index in [9.17, 15) is 19.1 Å². The van der Waals surface area contributed by atoms with Crippen LogP contribution in [0.4, 0.5) is 10.1 Å². The minimum Gasteiger partial charge on any atom is -0.507 e. The van der Waals surface area contributed by atoms with Crippen molar-refractivity contribution in [3.8, 4) is 0 Å². The fraction of sp³-hybridized carbons (Fsp3) is 0.0400. The van der Waals surface area contributed by atoms with Gasteiger partial charge < -0.3 is 10.1 Å². The zero-order valence-corrected chi connectivity index (χ0v) is 18.4. The molecule has 5 nitrogen and oxygen atoms in total. The molecule has 1 unspecified atom stereocenters. The molecule has 1 saturated heterocycles. The van der Waals surface area contributed by atoms with E-state index in [2.05, 4.69) is 4.98 Å². The van der Waals surface area contributed by atoms with Gasteiger partial charge in [0.05, 0.1) is 21.7 Å². The number of hydrogen-bond donors (Lipinski definition) is 2. The summed E-state index contributed by atoms with van der Waals surface area (Å²) >= 11 is 12.1. The number of anilines is 1. The smallest absolute Gasteiger partial charge is 0.300 e. The van der Waals surface area contributed by atoms with Gasteiger partial charge in [0.25, 0.3) is 11.7 Å². The van der Waals surface area contributed by atoms with E-state index in [-0.39, 0.29) is 26.9 Å². The van der Waals surface area contributed by atoms with Crippen LogP contribution in [0.1, 0.15) is 17.2 Å². The van der Waals surface area contributed by atoms with E-state index < -0.39 is 23.5 Å². The van der Waals surface area contributed by atoms with E-state index in [1.54, 1.807) is 6.20 Å². The molecule has 0 saturated carbocycles. The number of aromatic amines is 1. The lowest BCUT2D eigenvalue weighted by Gasteiger charge is -2.25. The quantitative estimate of drug-likeness (QED) is 0.207. The van der Waals surface area contributed by atoms with Crippen molar-refractivity contribution < 1.29 is 19.1 Å². The molecule has 1 fully saturated rings. The summed E-state index contributed by atoms with van der Waals surface area (Å²) in [5.41, 5.74) is 1.86. The number of para-hydroxylation sites is 1. The van der Waals surface area contributed by atoms with Crippen molar-refractivity contribution in [2.45, 2.75) is 6.04 Å². The Morgan fingerprint density at radius 3 is 2.42 bits per heavy atom. The van der Waals surface area contributed by atoms with Crippen LogP contribution in [0.5, 0.6) is 0 Å². The van der Waals surface area contributed by atoms with Crippen LogP contribution in [0.25, 0.3) is 16.7 Å². The molecule has 3 aromatic carbocycles. The zero-order valence-electron chi connectivity index (χ0n) is 16.9. The highest BCUT2D eigenvalue weighted by molar-refractivity contribution is 6.52. The number of halogens is 3. The Kier molecular flexibility index (Phi) is 5.19. The molecule has 1 amide bonds. The Morgan fingerprint density at radius 1 is 0.970 bits per heavy atom. The maximum absolute atomic E-state index is 13.6. The van der Waals surface area contributed by atoms with Gasteiger partial charge in [-0.25, -0.2) is 4.39 Å². The highest BCUT2D eigenvalue weighted by Gasteiger charge is 2.47. The Hall–Kier alpha value is -3.61. The molecule has 4 aromatic rings. The number of nitrogens with zero attached hydrogens (tertiary/aromatic N) is 1. The lowest BCUT2D eigenvalue weighted by molar-refractivity contribution is -0.132. The molecule has 1 aliphatic heterocycles. The van der Waals surface area contributed by atoms with Gasteiger partial charge in [0.15, 0.2) is 0 Å². The number of Topliss-reactive ketones (excluding diaryl/α,β-unsaturated/α-hetero) is 1. The second-order valence-electron chi connectivity index (χ2n) is 7.56. The fourth-order valence-electron chi connectivity index (χ4n) is 4.11. The average molecular weight is 481 g/mol. The van der Waals surface area contributed by atoms with Crippen LogP contribution in [-0.4, -0.2) is 21.8 Å². The first-order valence-electron chi connectivity index (χ1n) is 9.95. The normalized spacial score (nSPS) is 17.8. The predicted molar refractivity (Wildman–Crippen MR) is 126 cm³/mol. The van der Waals surface area contributed by atoms with Crippen LogP contribution >= 0.6 is 23.2 Å². The molecule has 2 N–H and O–H groups in total. The van der Waals surface area contributed by atoms with E-state index in [4.69, 9.17) is 23.2 Å². The van der Waals surface area contributed by atoms with Crippen molar-refractivity contribution in [1.82, 2.24) is 4.98 Å². The maximum atomic E-state index is 13.6. The molecule has 0 radical (unpaired) electrons. The van der Waals surface area contributed by atoms with E-state index in [0.717, 1.165) is 10.9 Å². The topological polar surface area (TPSA) is 73.4 Å². The molecule has 1 atom stereocenters. The van der Waals surface area contributed by atoms with Crippen LogP contribution in [0.15, 0.2) is 78.5 Å². The van der Waals surface area contributed by atoms with Crippen LogP contribution < -0.4 is 4.90 Å². The van der Waals surface area contributed by atoms with E-state index >= 15 is 0 Å². The van der Waals surface area contributed by atoms with Gasteiger partial charge in [0, 0.05) is 33.9 Å². The molecule has 1 aromatic heterocycles. The number of carbonyl (C=O) groups is 2. The molecule has 2 heterocycles. The number of benzene rings is 3. The predicted octanol–water partition coefficient (Wildman–Crippen LogP) is 6.24. The van der Waals surface area contributed by atoms with Gasteiger partial charge in [-0.05, 0) is 48.5 Å². The molecule has 0 aliphatic carbocycles. The van der Waals surface area contributed by atoms with Crippen molar-refractivity contribution in [3.05, 3.63) is 105 Å². The number of aliphatic hydroxyl groups is 1. The summed E-state index contributed by atoms with van der Waals surface area (Å²) in [5.74, 6) is -2.56. The molecule has 33 heavy (non-hydrogen) atoms. The number of rotatable bonds is 3. The molecular formula is C25H15Cl2FN2O3. The lowest BCUT2D eigenvalue weighted by Crippen LogP contribution is -2.29. The van der Waals surface area contributed by atoms with Gasteiger partial charge >= 0.3 is 0 Å². The van der Waals surface area contributed by atoms with Crippen molar-refractivity contribution in [2.75, 3.05) is 4.90 Å². The molecular weight excluding hydrogens is 466 g/mol. The van der Waals surface area contributed by atoms with Crippen LogP contribution in [0.3, 0.4) is 0 Å². The third-order valence-electron chi connectivity index (χ3n) is 5.66. The summed E-state index contributed by atoms with van der Waals surface area (Å²) in [6.07, 6.45) is 1.69. The van der Waals surface area contributed by atoms with Gasteiger partial charge in [-0.1, -0.05) is 41.4 Å². The summed E-state index contributed by atoms with van der Waals surface area (Å²) in [6.45, 7) is 0. The number of amides is 1. The Balaban J connectivity index is 1.78. The van der Waals surface area contributed by atoms with Gasteiger partial charge in [-0.2, -0.15) is 0 Å². The number of carbonyl (C=O) groups excluding carboxylic acids is 2. The highest BCUT2D eigenvalue weighted by Crippen LogP contribution is 2.44. The number of H-pyrrole nitrogens is 1. The first kappa shape index (κ1) is 21.2. The summed E-state index contributed by atoms with van der Waals surface area (Å²) in [5, 5.41) is 12.4. The van der Waals surface area contributed by atoms with Gasteiger partial charge in [0.1, 0.15) is 11.6 Å². The molecule has 164 valence electrons. The van der Waals surface area contributed by atoms with Gasteiger partial charge in [0.2, 0.25) is 0 Å². The van der Waals surface area contributed by atoms with Gasteiger partial charge in [-0.3, -0.25) is 14.5 Å². The van der Waals surface area contributed by atoms with Crippen LogP contribution in [0.2, 0.25) is 10.0 Å². The summed E-state index contributed by atoms with van der Waals surface area (Å²) in [6, 6.07) is 16.1. The maximum Gasteiger partial charge on any atom is 0.300 e. The minimum absolute atomic E-state index is 0.104. The van der Waals surface area contributed by atoms with Crippen molar-refractivity contribution in [3.63, 3.8) is 0 Å². The molecule has 5 rings (SSSR count). The number of fused-ring (bicyclic) bond motifs is 1. The molecule has 0 spiro atoms. The largest absolute Gasteiger partial charge is 0.507 e. The molecule has 0 bridgehead atoms. The second-order valence-corrected chi connectivity index (χ2v) is 8.38. The van der Waals surface area contributed by atoms with Crippen molar-refractivity contribution in [2.24, 2.45) is 0 Å². The highest BCUT2D eigenvalue weighted by atomic mass is 35.5. The lowest BCUT2D eigenvalue weighted by atomic mass is 9.94. The van der Waals surface area contributed by atoms with Crippen LogP contribution in [-0.2, 0) is 9.59 Å². The minimum atomic E-state index is -0.957.